The summed E-state index contributed by atoms with van der Waals surface area (Å²) in [5, 5.41) is 15.8. The van der Waals surface area contributed by atoms with Gasteiger partial charge in [0.05, 0.1) is 0 Å². The normalized spacial score (nSPS) is 12.2. The van der Waals surface area contributed by atoms with Crippen molar-refractivity contribution in [1.82, 2.24) is 0 Å². The van der Waals surface area contributed by atoms with Crippen molar-refractivity contribution in [3.05, 3.63) is 88.0 Å². The molecule has 3 rings (SSSR count). The van der Waals surface area contributed by atoms with Crippen molar-refractivity contribution in [2.24, 2.45) is 0 Å². The van der Waals surface area contributed by atoms with E-state index in [1.165, 1.54) is 59.9 Å². The minimum absolute atomic E-state index is 0. The number of unbranched alkanes of at least 4 members (excludes halogenated alkanes) is 5. The Morgan fingerprint density at radius 3 is 1.54 bits per heavy atom. The summed E-state index contributed by atoms with van der Waals surface area (Å²) in [6, 6.07) is 17.5. The second kappa shape index (κ2) is 24.5. The summed E-state index contributed by atoms with van der Waals surface area (Å²) in [6.45, 7) is 11.2. The Balaban J connectivity index is 0.00000158. The minimum atomic E-state index is 0. The third kappa shape index (κ3) is 14.6. The molecular formula is C36H56N2NiO2. The zero-order chi connectivity index (χ0) is 29.6. The van der Waals surface area contributed by atoms with E-state index in [0.717, 1.165) is 67.5 Å². The third-order valence-electron chi connectivity index (χ3n) is 6.86. The zero-order valence-corrected chi connectivity index (χ0v) is 27.4. The van der Waals surface area contributed by atoms with E-state index in [1.807, 2.05) is 13.8 Å². The van der Waals surface area contributed by atoms with E-state index in [9.17, 15) is 5.53 Å². The molecule has 0 saturated heterocycles. The average molecular weight is 608 g/mol. The SMILES string of the molecule is CCCCCc1cccc(C2=CC(CCCC)=C(c3cccc(CCCCC)c3)[N+]2=[N-])c1.CCCO.CCCO.[Ni]. The molecule has 1 aliphatic heterocycles. The Bertz CT molecular complexity index is 1040. The molecule has 232 valence electrons. The van der Waals surface area contributed by atoms with Crippen LogP contribution in [-0.2, 0) is 29.3 Å². The second-order valence-electron chi connectivity index (χ2n) is 10.6. The van der Waals surface area contributed by atoms with Crippen molar-refractivity contribution >= 4 is 11.4 Å². The molecule has 0 amide bonds. The molecule has 0 aliphatic carbocycles. The molecular weight excluding hydrogens is 551 g/mol. The van der Waals surface area contributed by atoms with Gasteiger partial charge < -0.3 is 15.7 Å². The number of rotatable bonds is 15. The van der Waals surface area contributed by atoms with E-state index < -0.39 is 0 Å². The molecule has 0 saturated carbocycles. The molecule has 4 nitrogen and oxygen atoms in total. The van der Waals surface area contributed by atoms with Gasteiger partial charge in [0.1, 0.15) is 0 Å². The fourth-order valence-electron chi connectivity index (χ4n) is 4.54. The van der Waals surface area contributed by atoms with E-state index in [2.05, 4.69) is 75.4 Å². The number of benzene rings is 2. The van der Waals surface area contributed by atoms with Gasteiger partial charge in [0.15, 0.2) is 0 Å². The van der Waals surface area contributed by atoms with Crippen molar-refractivity contribution in [3.8, 4) is 0 Å². The van der Waals surface area contributed by atoms with Crippen LogP contribution in [0, 0.1) is 0 Å². The monoisotopic (exact) mass is 606 g/mol. The molecule has 0 spiro atoms. The summed E-state index contributed by atoms with van der Waals surface area (Å²) in [4.78, 5) is 0. The zero-order valence-electron chi connectivity index (χ0n) is 26.4. The first-order chi connectivity index (χ1) is 19.5. The molecule has 0 bridgehead atoms. The van der Waals surface area contributed by atoms with Crippen LogP contribution in [0.4, 0.5) is 0 Å². The summed E-state index contributed by atoms with van der Waals surface area (Å²) in [6.07, 6.45) is 16.9. The van der Waals surface area contributed by atoms with Crippen LogP contribution in [0.5, 0.6) is 0 Å². The Hall–Kier alpha value is -2.07. The molecule has 0 aromatic heterocycles. The predicted molar refractivity (Wildman–Crippen MR) is 172 cm³/mol. The molecule has 1 heterocycles. The van der Waals surface area contributed by atoms with Crippen molar-refractivity contribution in [2.75, 3.05) is 13.2 Å². The molecule has 5 heteroatoms. The Labute approximate surface area is 261 Å². The minimum Gasteiger partial charge on any atom is -0.493 e. The van der Waals surface area contributed by atoms with Crippen LogP contribution < -0.4 is 0 Å². The van der Waals surface area contributed by atoms with Crippen LogP contribution in [0.1, 0.15) is 128 Å². The maximum absolute atomic E-state index is 11.3. The average Bonchev–Trinajstić information content (AvgIpc) is 3.32. The quantitative estimate of drug-likeness (QED) is 0.120. The summed E-state index contributed by atoms with van der Waals surface area (Å²) in [5.74, 6) is 0. The van der Waals surface area contributed by atoms with Crippen LogP contribution in [0.25, 0.3) is 16.9 Å². The fraction of sp³-hybridized carbons (Fsp3) is 0.556. The molecule has 0 atom stereocenters. The van der Waals surface area contributed by atoms with Crippen LogP contribution >= 0.6 is 0 Å². The first kappa shape index (κ1) is 38.9. The maximum atomic E-state index is 11.3. The molecule has 41 heavy (non-hydrogen) atoms. The number of hydrogen-bond donors (Lipinski definition) is 2. The smallest absolute Gasteiger partial charge is 0.210 e. The van der Waals surface area contributed by atoms with Crippen LogP contribution in [0.3, 0.4) is 0 Å². The largest absolute Gasteiger partial charge is 0.493 e. The predicted octanol–water partition coefficient (Wildman–Crippen LogP) is 9.92. The van der Waals surface area contributed by atoms with Gasteiger partial charge in [0.25, 0.3) is 0 Å². The topological polar surface area (TPSA) is 65.8 Å². The second-order valence-corrected chi connectivity index (χ2v) is 10.6. The Morgan fingerprint density at radius 2 is 1.07 bits per heavy atom. The van der Waals surface area contributed by atoms with Gasteiger partial charge in [-0.2, -0.15) is 0 Å². The van der Waals surface area contributed by atoms with Crippen molar-refractivity contribution in [3.63, 3.8) is 0 Å². The van der Waals surface area contributed by atoms with Gasteiger partial charge in [-0.05, 0) is 86.8 Å². The summed E-state index contributed by atoms with van der Waals surface area (Å²) in [5.41, 5.74) is 19.4. The van der Waals surface area contributed by atoms with E-state index in [0.29, 0.717) is 13.2 Å². The maximum Gasteiger partial charge on any atom is 0.210 e. The van der Waals surface area contributed by atoms with Crippen molar-refractivity contribution in [1.29, 1.82) is 0 Å². The first-order valence-electron chi connectivity index (χ1n) is 15.8. The van der Waals surface area contributed by atoms with Crippen molar-refractivity contribution < 1.29 is 31.4 Å². The fourth-order valence-corrected chi connectivity index (χ4v) is 4.54. The van der Waals surface area contributed by atoms with E-state index in [-0.39, 0.29) is 16.5 Å². The number of hydrogen-bond acceptors (Lipinski definition) is 2. The Morgan fingerprint density at radius 1 is 0.610 bits per heavy atom. The molecule has 2 aromatic carbocycles. The van der Waals surface area contributed by atoms with Gasteiger partial charge in [-0.1, -0.05) is 91.0 Å². The molecule has 2 N–H and O–H groups in total. The molecule has 0 radical (unpaired) electrons. The first-order valence-corrected chi connectivity index (χ1v) is 15.8. The third-order valence-corrected chi connectivity index (χ3v) is 6.86. The van der Waals surface area contributed by atoms with E-state index in [4.69, 9.17) is 10.2 Å². The van der Waals surface area contributed by atoms with Crippen LogP contribution in [0.2, 0.25) is 0 Å². The Kier molecular flexibility index (Phi) is 23.3. The van der Waals surface area contributed by atoms with Gasteiger partial charge in [-0.25, -0.2) is 4.70 Å². The number of aliphatic hydroxyl groups excluding tert-OH is 2. The van der Waals surface area contributed by atoms with Gasteiger partial charge >= 0.3 is 0 Å². The number of nitrogens with zero attached hydrogens (tertiary/aromatic N) is 2. The van der Waals surface area contributed by atoms with E-state index >= 15 is 0 Å². The van der Waals surface area contributed by atoms with Crippen LogP contribution in [0.15, 0.2) is 60.2 Å². The van der Waals surface area contributed by atoms with Crippen LogP contribution in [-0.4, -0.2) is 28.1 Å². The van der Waals surface area contributed by atoms with E-state index in [1.54, 1.807) is 0 Å². The number of allylic oxidation sites excluding steroid dienone is 2. The van der Waals surface area contributed by atoms with Gasteiger partial charge in [-0.15, -0.1) is 0 Å². The van der Waals surface area contributed by atoms with Gasteiger partial charge in [-0.3, -0.25) is 0 Å². The van der Waals surface area contributed by atoms with Gasteiger partial charge in [0, 0.05) is 52.5 Å². The molecule has 2 aromatic rings. The summed E-state index contributed by atoms with van der Waals surface area (Å²) < 4.78 is 1.45. The standard InChI is InChI=1S/C30H40N2.2C3H8O.Ni/c1-4-7-10-14-24-16-12-19-26(21-24)29-23-28(18-9-6-3)30(32(29)31)27-20-13-17-25(22-27)15-11-8-5-2;2*1-2-3-4;/h12-13,16-17,19-23H,4-11,14-15,18H2,1-3H3;2*4H,2-3H2,1H3;. The summed E-state index contributed by atoms with van der Waals surface area (Å²) in [7, 11) is 0. The van der Waals surface area contributed by atoms with Crippen molar-refractivity contribution in [2.45, 2.75) is 118 Å². The number of aryl methyl sites for hydroxylation is 2. The molecule has 0 fully saturated rings. The molecule has 1 aliphatic rings. The number of aliphatic hydroxyl groups is 2. The van der Waals surface area contributed by atoms with Gasteiger partial charge in [0.2, 0.25) is 11.4 Å². The summed E-state index contributed by atoms with van der Waals surface area (Å²) >= 11 is 0. The molecule has 0 unspecified atom stereocenters.